The lowest BCUT2D eigenvalue weighted by atomic mass is 10.1. The number of ether oxygens (including phenoxy) is 1. The summed E-state index contributed by atoms with van der Waals surface area (Å²) >= 11 is 0. The molecule has 100 valence electrons. The Kier molecular flexibility index (Phi) is 5.42. The highest BCUT2D eigenvalue weighted by Gasteiger charge is 2.12. The van der Waals surface area contributed by atoms with E-state index in [1.807, 2.05) is 12.3 Å². The van der Waals surface area contributed by atoms with Crippen LogP contribution in [0.25, 0.3) is 0 Å². The van der Waals surface area contributed by atoms with Gasteiger partial charge in [0, 0.05) is 32.0 Å². The second kappa shape index (κ2) is 7.34. The van der Waals surface area contributed by atoms with Crippen molar-refractivity contribution in [3.63, 3.8) is 0 Å². The zero-order valence-corrected chi connectivity index (χ0v) is 10.8. The highest BCUT2D eigenvalue weighted by molar-refractivity contribution is 4.93. The second-order valence-electron chi connectivity index (χ2n) is 4.76. The number of rotatable bonds is 6. The van der Waals surface area contributed by atoms with Gasteiger partial charge in [0.05, 0.1) is 6.10 Å². The first-order valence-corrected chi connectivity index (χ1v) is 6.84. The molecule has 1 saturated heterocycles. The van der Waals surface area contributed by atoms with Gasteiger partial charge in [-0.15, -0.1) is 0 Å². The molecule has 18 heavy (non-hydrogen) atoms. The third-order valence-corrected chi connectivity index (χ3v) is 3.35. The molecular formula is C14H22N2O2. The minimum absolute atomic E-state index is 0.0647. The van der Waals surface area contributed by atoms with Gasteiger partial charge >= 0.3 is 0 Å². The van der Waals surface area contributed by atoms with Crippen molar-refractivity contribution in [2.75, 3.05) is 19.7 Å². The Labute approximate surface area is 108 Å². The maximum Gasteiger partial charge on any atom is 0.250 e. The normalized spacial score (nSPS) is 19.9. The van der Waals surface area contributed by atoms with Crippen LogP contribution in [0.3, 0.4) is 0 Å². The van der Waals surface area contributed by atoms with Gasteiger partial charge in [0.25, 0.3) is 5.56 Å². The minimum atomic E-state index is 0.0647. The summed E-state index contributed by atoms with van der Waals surface area (Å²) in [6.45, 7) is 3.44. The van der Waals surface area contributed by atoms with E-state index in [2.05, 4.69) is 5.32 Å². The van der Waals surface area contributed by atoms with Crippen molar-refractivity contribution >= 4 is 0 Å². The molecule has 1 unspecified atom stereocenters. The average molecular weight is 250 g/mol. The number of hydrogen-bond donors (Lipinski definition) is 1. The lowest BCUT2D eigenvalue weighted by molar-refractivity contribution is 0.0116. The van der Waals surface area contributed by atoms with Gasteiger partial charge in [-0.1, -0.05) is 6.07 Å². The Balaban J connectivity index is 1.58. The molecule has 4 nitrogen and oxygen atoms in total. The van der Waals surface area contributed by atoms with Crippen molar-refractivity contribution in [2.45, 2.75) is 38.3 Å². The number of hydrogen-bond acceptors (Lipinski definition) is 3. The molecule has 2 rings (SSSR count). The molecule has 0 spiro atoms. The van der Waals surface area contributed by atoms with Gasteiger partial charge in [0.15, 0.2) is 0 Å². The fourth-order valence-corrected chi connectivity index (χ4v) is 2.27. The number of aromatic nitrogens is 1. The van der Waals surface area contributed by atoms with Crippen LogP contribution in [0.2, 0.25) is 0 Å². The first-order valence-electron chi connectivity index (χ1n) is 6.84. The Morgan fingerprint density at radius 1 is 1.33 bits per heavy atom. The van der Waals surface area contributed by atoms with E-state index < -0.39 is 0 Å². The van der Waals surface area contributed by atoms with Crippen LogP contribution in [0.5, 0.6) is 0 Å². The molecule has 0 bridgehead atoms. The van der Waals surface area contributed by atoms with Crippen molar-refractivity contribution in [2.24, 2.45) is 0 Å². The van der Waals surface area contributed by atoms with E-state index in [0.29, 0.717) is 6.10 Å². The van der Waals surface area contributed by atoms with Crippen LogP contribution in [-0.2, 0) is 11.3 Å². The molecule has 0 radical (unpaired) electrons. The maximum atomic E-state index is 11.4. The second-order valence-corrected chi connectivity index (χ2v) is 4.76. The van der Waals surface area contributed by atoms with Crippen LogP contribution in [-0.4, -0.2) is 30.4 Å². The predicted octanol–water partition coefficient (Wildman–Crippen LogP) is 1.40. The molecule has 0 aliphatic carbocycles. The van der Waals surface area contributed by atoms with E-state index in [9.17, 15) is 4.79 Å². The predicted molar refractivity (Wildman–Crippen MR) is 71.8 cm³/mol. The van der Waals surface area contributed by atoms with Gasteiger partial charge in [-0.3, -0.25) is 4.79 Å². The standard InChI is InChI=1S/C14H22N2O2/c17-14-6-1-3-10-16(14)11-9-15-8-7-13-5-2-4-12-18-13/h1,3,6,10,13,15H,2,4-5,7-9,11-12H2. The SMILES string of the molecule is O=c1ccccn1CCNCCC1CCCCO1. The fourth-order valence-electron chi connectivity index (χ4n) is 2.27. The molecule has 1 atom stereocenters. The van der Waals surface area contributed by atoms with Crippen molar-refractivity contribution < 1.29 is 4.74 Å². The number of pyridine rings is 1. The lowest BCUT2D eigenvalue weighted by Gasteiger charge is -2.22. The third-order valence-electron chi connectivity index (χ3n) is 3.35. The van der Waals surface area contributed by atoms with E-state index in [1.165, 1.54) is 19.3 Å². The highest BCUT2D eigenvalue weighted by Crippen LogP contribution is 2.14. The highest BCUT2D eigenvalue weighted by atomic mass is 16.5. The van der Waals surface area contributed by atoms with Crippen molar-refractivity contribution in [1.82, 2.24) is 9.88 Å². The first kappa shape index (κ1) is 13.3. The van der Waals surface area contributed by atoms with Crippen LogP contribution in [0, 0.1) is 0 Å². The van der Waals surface area contributed by atoms with Gasteiger partial charge in [-0.2, -0.15) is 0 Å². The van der Waals surface area contributed by atoms with Crippen molar-refractivity contribution in [3.8, 4) is 0 Å². The van der Waals surface area contributed by atoms with E-state index in [1.54, 1.807) is 16.7 Å². The molecule has 2 heterocycles. The largest absolute Gasteiger partial charge is 0.378 e. The topological polar surface area (TPSA) is 43.3 Å². The summed E-state index contributed by atoms with van der Waals surface area (Å²) in [6.07, 6.45) is 7.04. The van der Waals surface area contributed by atoms with Gasteiger partial charge in [-0.25, -0.2) is 0 Å². The molecule has 0 saturated carbocycles. The van der Waals surface area contributed by atoms with Crippen LogP contribution < -0.4 is 10.9 Å². The zero-order valence-electron chi connectivity index (χ0n) is 10.8. The number of nitrogens with zero attached hydrogens (tertiary/aromatic N) is 1. The Bertz CT molecular complexity index is 397. The molecule has 0 amide bonds. The summed E-state index contributed by atoms with van der Waals surface area (Å²) in [4.78, 5) is 11.4. The summed E-state index contributed by atoms with van der Waals surface area (Å²) in [6, 6.07) is 5.25. The smallest absolute Gasteiger partial charge is 0.250 e. The molecule has 1 fully saturated rings. The Morgan fingerprint density at radius 2 is 2.28 bits per heavy atom. The molecule has 1 aromatic heterocycles. The van der Waals surface area contributed by atoms with Crippen LogP contribution in [0.4, 0.5) is 0 Å². The minimum Gasteiger partial charge on any atom is -0.378 e. The molecule has 1 N–H and O–H groups in total. The fraction of sp³-hybridized carbons (Fsp3) is 0.643. The van der Waals surface area contributed by atoms with E-state index in [4.69, 9.17) is 4.74 Å². The van der Waals surface area contributed by atoms with Gasteiger partial charge in [-0.05, 0) is 38.3 Å². The average Bonchev–Trinajstić information content (AvgIpc) is 2.42. The molecular weight excluding hydrogens is 228 g/mol. The molecule has 4 heteroatoms. The molecule has 1 aliphatic heterocycles. The lowest BCUT2D eigenvalue weighted by Crippen LogP contribution is -2.29. The van der Waals surface area contributed by atoms with E-state index in [-0.39, 0.29) is 5.56 Å². The first-order chi connectivity index (χ1) is 8.86. The summed E-state index contributed by atoms with van der Waals surface area (Å²) in [5.74, 6) is 0. The van der Waals surface area contributed by atoms with Crippen LogP contribution >= 0.6 is 0 Å². The summed E-state index contributed by atoms with van der Waals surface area (Å²) in [5, 5.41) is 3.37. The van der Waals surface area contributed by atoms with Gasteiger partial charge < -0.3 is 14.6 Å². The maximum absolute atomic E-state index is 11.4. The van der Waals surface area contributed by atoms with Crippen LogP contribution in [0.15, 0.2) is 29.2 Å². The van der Waals surface area contributed by atoms with E-state index >= 15 is 0 Å². The summed E-state index contributed by atoms with van der Waals surface area (Å²) in [5.41, 5.74) is 0.0647. The zero-order chi connectivity index (χ0) is 12.6. The van der Waals surface area contributed by atoms with Gasteiger partial charge in [0.1, 0.15) is 0 Å². The quantitative estimate of drug-likeness (QED) is 0.776. The monoisotopic (exact) mass is 250 g/mol. The van der Waals surface area contributed by atoms with Crippen molar-refractivity contribution in [1.29, 1.82) is 0 Å². The molecule has 1 aliphatic rings. The van der Waals surface area contributed by atoms with E-state index in [0.717, 1.165) is 32.7 Å². The Hall–Kier alpha value is -1.13. The number of nitrogens with one attached hydrogen (secondary N) is 1. The summed E-state index contributed by atoms with van der Waals surface area (Å²) < 4.78 is 7.39. The third kappa shape index (κ3) is 4.27. The van der Waals surface area contributed by atoms with Crippen molar-refractivity contribution in [3.05, 3.63) is 34.7 Å². The Morgan fingerprint density at radius 3 is 3.06 bits per heavy atom. The molecule has 0 aromatic carbocycles. The molecule has 1 aromatic rings. The van der Waals surface area contributed by atoms with Gasteiger partial charge in [0.2, 0.25) is 0 Å². The van der Waals surface area contributed by atoms with Crippen LogP contribution in [0.1, 0.15) is 25.7 Å². The summed E-state index contributed by atoms with van der Waals surface area (Å²) in [7, 11) is 0.